The lowest BCUT2D eigenvalue weighted by Gasteiger charge is -2.36. The van der Waals surface area contributed by atoms with Gasteiger partial charge in [-0.25, -0.2) is 4.68 Å². The number of nitrogens with zero attached hydrogens (tertiary/aromatic N) is 4. The van der Waals surface area contributed by atoms with Crippen LogP contribution in [0.5, 0.6) is 5.75 Å². The van der Waals surface area contributed by atoms with Gasteiger partial charge in [-0.15, -0.1) is 0 Å². The molecule has 1 amide bonds. The lowest BCUT2D eigenvalue weighted by Crippen LogP contribution is -2.49. The number of piperazine rings is 1. The van der Waals surface area contributed by atoms with Crippen molar-refractivity contribution in [3.63, 3.8) is 0 Å². The first-order valence-electron chi connectivity index (χ1n) is 11.1. The van der Waals surface area contributed by atoms with Gasteiger partial charge in [0.2, 0.25) is 5.91 Å². The fraction of sp³-hybridized carbons (Fsp3) is 0.320. The first-order chi connectivity index (χ1) is 16.0. The van der Waals surface area contributed by atoms with Crippen LogP contribution in [0.4, 0.5) is 5.69 Å². The van der Waals surface area contributed by atoms with E-state index in [1.165, 1.54) is 10.7 Å². The van der Waals surface area contributed by atoms with Crippen LogP contribution in [0.1, 0.15) is 13.3 Å². The molecule has 0 aliphatic carbocycles. The molecule has 33 heavy (non-hydrogen) atoms. The smallest absolute Gasteiger partial charge is 0.266 e. The highest BCUT2D eigenvalue weighted by Gasteiger charge is 2.23. The van der Waals surface area contributed by atoms with Crippen LogP contribution >= 0.6 is 11.6 Å². The summed E-state index contributed by atoms with van der Waals surface area (Å²) in [6, 6.07) is 18.4. The van der Waals surface area contributed by atoms with E-state index >= 15 is 0 Å². The van der Waals surface area contributed by atoms with Gasteiger partial charge in [0.1, 0.15) is 5.75 Å². The van der Waals surface area contributed by atoms with Gasteiger partial charge in [-0.1, -0.05) is 35.9 Å². The summed E-state index contributed by atoms with van der Waals surface area (Å²) in [4.78, 5) is 29.2. The Morgan fingerprint density at radius 2 is 1.82 bits per heavy atom. The van der Waals surface area contributed by atoms with E-state index in [-0.39, 0.29) is 24.4 Å². The summed E-state index contributed by atoms with van der Waals surface area (Å²) in [7, 11) is 0. The number of hydrogen-bond donors (Lipinski definition) is 0. The molecule has 2 heterocycles. The minimum atomic E-state index is -0.231. The zero-order valence-corrected chi connectivity index (χ0v) is 19.4. The average molecular weight is 467 g/mol. The second-order valence-corrected chi connectivity index (χ2v) is 8.25. The van der Waals surface area contributed by atoms with Gasteiger partial charge in [-0.05, 0) is 37.3 Å². The third kappa shape index (κ3) is 5.54. The quantitative estimate of drug-likeness (QED) is 0.531. The molecular weight excluding hydrogens is 440 g/mol. The minimum absolute atomic E-state index is 0.0228. The SMILES string of the molecule is CCOc1ccccc1N1CCN(C(=O)CCn2nc(-c3cccc(Cl)c3)ccc2=O)CC1. The Kier molecular flexibility index (Phi) is 7.29. The number of para-hydroxylation sites is 2. The first kappa shape index (κ1) is 22.9. The second-order valence-electron chi connectivity index (χ2n) is 7.81. The number of rotatable bonds is 7. The molecule has 1 aromatic heterocycles. The predicted molar refractivity (Wildman–Crippen MR) is 130 cm³/mol. The van der Waals surface area contributed by atoms with Gasteiger partial charge < -0.3 is 14.5 Å². The summed E-state index contributed by atoms with van der Waals surface area (Å²) in [5, 5.41) is 5.03. The van der Waals surface area contributed by atoms with Gasteiger partial charge >= 0.3 is 0 Å². The maximum Gasteiger partial charge on any atom is 0.266 e. The number of ether oxygens (including phenoxy) is 1. The van der Waals surface area contributed by atoms with Crippen molar-refractivity contribution >= 4 is 23.2 Å². The average Bonchev–Trinajstić information content (AvgIpc) is 2.84. The summed E-state index contributed by atoms with van der Waals surface area (Å²) >= 11 is 6.07. The van der Waals surface area contributed by atoms with Crippen LogP contribution < -0.4 is 15.2 Å². The highest BCUT2D eigenvalue weighted by molar-refractivity contribution is 6.30. The maximum atomic E-state index is 12.8. The molecule has 1 saturated heterocycles. The summed E-state index contributed by atoms with van der Waals surface area (Å²) in [6.45, 7) is 5.55. The number of anilines is 1. The molecule has 0 spiro atoms. The third-order valence-corrected chi connectivity index (χ3v) is 5.90. The molecule has 7 nitrogen and oxygen atoms in total. The standard InChI is InChI=1S/C25H27ClN4O3/c1-2-33-23-9-4-3-8-22(23)28-14-16-29(17-15-28)24(31)12-13-30-25(32)11-10-21(27-30)19-6-5-7-20(26)18-19/h3-11,18H,2,12-17H2,1H3. The highest BCUT2D eigenvalue weighted by Crippen LogP contribution is 2.29. The first-order valence-corrected chi connectivity index (χ1v) is 11.5. The number of amides is 1. The monoisotopic (exact) mass is 466 g/mol. The summed E-state index contributed by atoms with van der Waals surface area (Å²) < 4.78 is 7.09. The van der Waals surface area contributed by atoms with E-state index in [1.54, 1.807) is 18.2 Å². The number of hydrogen-bond acceptors (Lipinski definition) is 5. The van der Waals surface area contributed by atoms with Crippen molar-refractivity contribution in [2.24, 2.45) is 0 Å². The molecule has 2 aromatic carbocycles. The fourth-order valence-electron chi connectivity index (χ4n) is 3.96. The Bertz CT molecular complexity index is 1170. The van der Waals surface area contributed by atoms with Crippen molar-refractivity contribution in [2.45, 2.75) is 19.9 Å². The van der Waals surface area contributed by atoms with E-state index in [4.69, 9.17) is 16.3 Å². The molecule has 172 valence electrons. The van der Waals surface area contributed by atoms with Crippen LogP contribution in [-0.2, 0) is 11.3 Å². The molecule has 8 heteroatoms. The number of halogens is 1. The largest absolute Gasteiger partial charge is 0.492 e. The Balaban J connectivity index is 1.36. The highest BCUT2D eigenvalue weighted by atomic mass is 35.5. The van der Waals surface area contributed by atoms with Gasteiger partial charge in [0.15, 0.2) is 0 Å². The molecule has 3 aromatic rings. The normalized spacial score (nSPS) is 13.8. The van der Waals surface area contributed by atoms with Crippen LogP contribution in [0.2, 0.25) is 5.02 Å². The molecule has 0 atom stereocenters. The Hall–Kier alpha value is -3.32. The Morgan fingerprint density at radius 3 is 2.58 bits per heavy atom. The van der Waals surface area contributed by atoms with Crippen molar-refractivity contribution in [1.82, 2.24) is 14.7 Å². The van der Waals surface area contributed by atoms with Crippen molar-refractivity contribution in [3.8, 4) is 17.0 Å². The van der Waals surface area contributed by atoms with Gasteiger partial charge in [-0.2, -0.15) is 5.10 Å². The fourth-order valence-corrected chi connectivity index (χ4v) is 4.15. The molecule has 0 N–H and O–H groups in total. The lowest BCUT2D eigenvalue weighted by molar-refractivity contribution is -0.131. The van der Waals surface area contributed by atoms with Crippen molar-refractivity contribution in [1.29, 1.82) is 0 Å². The van der Waals surface area contributed by atoms with E-state index in [2.05, 4.69) is 10.00 Å². The Labute approximate surface area is 198 Å². The third-order valence-electron chi connectivity index (χ3n) is 5.66. The maximum absolute atomic E-state index is 12.8. The summed E-state index contributed by atoms with van der Waals surface area (Å²) in [5.74, 6) is 0.888. The number of carbonyl (C=O) groups is 1. The van der Waals surface area contributed by atoms with E-state index in [9.17, 15) is 9.59 Å². The molecule has 0 bridgehead atoms. The number of carbonyl (C=O) groups excluding carboxylic acids is 1. The molecule has 4 rings (SSSR count). The van der Waals surface area contributed by atoms with Gasteiger partial charge in [0, 0.05) is 49.3 Å². The second kappa shape index (κ2) is 10.5. The van der Waals surface area contributed by atoms with E-state index in [0.717, 1.165) is 30.1 Å². The topological polar surface area (TPSA) is 67.7 Å². The Morgan fingerprint density at radius 1 is 1.03 bits per heavy atom. The van der Waals surface area contributed by atoms with Gasteiger partial charge in [0.05, 0.1) is 24.5 Å². The molecule has 0 radical (unpaired) electrons. The number of benzene rings is 2. The van der Waals surface area contributed by atoms with E-state index in [0.29, 0.717) is 30.4 Å². The van der Waals surface area contributed by atoms with E-state index < -0.39 is 0 Å². The lowest BCUT2D eigenvalue weighted by atomic mass is 10.1. The summed E-state index contributed by atoms with van der Waals surface area (Å²) in [6.07, 6.45) is 0.224. The number of aryl methyl sites for hydroxylation is 1. The van der Waals surface area contributed by atoms with Crippen molar-refractivity contribution < 1.29 is 9.53 Å². The number of aromatic nitrogens is 2. The van der Waals surface area contributed by atoms with Crippen molar-refractivity contribution in [3.05, 3.63) is 76.0 Å². The predicted octanol–water partition coefficient (Wildman–Crippen LogP) is 3.70. The van der Waals surface area contributed by atoms with E-state index in [1.807, 2.05) is 48.2 Å². The zero-order chi connectivity index (χ0) is 23.2. The van der Waals surface area contributed by atoms with Gasteiger partial charge in [0.25, 0.3) is 5.56 Å². The molecule has 1 fully saturated rings. The molecule has 0 saturated carbocycles. The van der Waals surface area contributed by atoms with Crippen LogP contribution in [0.15, 0.2) is 65.5 Å². The zero-order valence-electron chi connectivity index (χ0n) is 18.6. The summed E-state index contributed by atoms with van der Waals surface area (Å²) in [5.41, 5.74) is 2.29. The van der Waals surface area contributed by atoms with Crippen LogP contribution in [-0.4, -0.2) is 53.4 Å². The van der Waals surface area contributed by atoms with Crippen LogP contribution in [0.25, 0.3) is 11.3 Å². The minimum Gasteiger partial charge on any atom is -0.492 e. The molecular formula is C25H27ClN4O3. The molecule has 1 aliphatic rings. The van der Waals surface area contributed by atoms with Crippen LogP contribution in [0.3, 0.4) is 0 Å². The van der Waals surface area contributed by atoms with Crippen molar-refractivity contribution in [2.75, 3.05) is 37.7 Å². The molecule has 1 aliphatic heterocycles. The van der Waals surface area contributed by atoms with Crippen LogP contribution in [0, 0.1) is 0 Å². The molecule has 0 unspecified atom stereocenters. The van der Waals surface area contributed by atoms with Gasteiger partial charge in [-0.3, -0.25) is 9.59 Å².